The summed E-state index contributed by atoms with van der Waals surface area (Å²) in [7, 11) is 0. The lowest BCUT2D eigenvalue weighted by molar-refractivity contribution is 0.661. The van der Waals surface area contributed by atoms with Crippen LogP contribution in [0.25, 0.3) is 88.1 Å². The molecule has 7 aromatic carbocycles. The smallest absolute Gasteiger partial charge is 0.135 e. The fourth-order valence-corrected chi connectivity index (χ4v) is 9.00. The molecule has 0 radical (unpaired) electrons. The molecule has 0 amide bonds. The Bertz CT molecular complexity index is 3300. The quantitative estimate of drug-likeness (QED) is 0.185. The van der Waals surface area contributed by atoms with Crippen molar-refractivity contribution < 1.29 is 4.42 Å². The van der Waals surface area contributed by atoms with E-state index in [2.05, 4.69) is 138 Å². The van der Waals surface area contributed by atoms with E-state index in [1.54, 1.807) is 0 Å². The van der Waals surface area contributed by atoms with Crippen LogP contribution in [0.3, 0.4) is 0 Å². The number of para-hydroxylation sites is 2. The maximum Gasteiger partial charge on any atom is 0.135 e. The minimum Gasteiger partial charge on any atom is -0.456 e. The second-order valence-corrected chi connectivity index (χ2v) is 14.4. The molecule has 1 aliphatic carbocycles. The standard InChI is InChI=1S/C47H28N4O/c1-47(2)37-15-11-27(25-48)22-36(37)45-38(47)16-18-42-46(45)32-8-4-6-10-40(32)51(42)30-14-20-44-35(24-30)34-23-29(13-19-43(34)52-44)50-39-9-5-3-7-31(39)33-21-28(26-49)12-17-41(33)50/h3-24H,1-2H3. The molecule has 52 heavy (non-hydrogen) atoms. The van der Waals surface area contributed by atoms with Crippen molar-refractivity contribution in [3.8, 4) is 34.6 Å². The molecule has 0 saturated heterocycles. The first-order valence-corrected chi connectivity index (χ1v) is 17.5. The van der Waals surface area contributed by atoms with E-state index in [0.717, 1.165) is 71.7 Å². The molecule has 0 atom stereocenters. The van der Waals surface area contributed by atoms with E-state index in [1.165, 1.54) is 27.5 Å². The molecule has 0 bridgehead atoms. The third-order valence-corrected chi connectivity index (χ3v) is 11.4. The van der Waals surface area contributed by atoms with Crippen molar-refractivity contribution in [3.05, 3.63) is 156 Å². The molecule has 3 heterocycles. The molecular weight excluding hydrogens is 637 g/mol. The van der Waals surface area contributed by atoms with Crippen molar-refractivity contribution >= 4 is 65.6 Å². The summed E-state index contributed by atoms with van der Waals surface area (Å²) in [5.41, 5.74) is 14.2. The van der Waals surface area contributed by atoms with Crippen molar-refractivity contribution in [2.45, 2.75) is 19.3 Å². The van der Waals surface area contributed by atoms with Crippen LogP contribution in [0.2, 0.25) is 0 Å². The van der Waals surface area contributed by atoms with Crippen LogP contribution >= 0.6 is 0 Å². The molecule has 0 N–H and O–H groups in total. The molecule has 0 aliphatic heterocycles. The Kier molecular flexibility index (Phi) is 5.53. The molecule has 10 aromatic rings. The maximum atomic E-state index is 9.84. The van der Waals surface area contributed by atoms with E-state index in [9.17, 15) is 10.5 Å². The Morgan fingerprint density at radius 3 is 1.77 bits per heavy atom. The number of hydrogen-bond acceptors (Lipinski definition) is 3. The molecule has 5 heteroatoms. The van der Waals surface area contributed by atoms with Gasteiger partial charge in [0.05, 0.1) is 45.3 Å². The van der Waals surface area contributed by atoms with Gasteiger partial charge in [-0.1, -0.05) is 62.4 Å². The number of aromatic nitrogens is 2. The Labute approximate surface area is 298 Å². The first-order valence-electron chi connectivity index (χ1n) is 17.5. The van der Waals surface area contributed by atoms with Crippen LogP contribution in [-0.2, 0) is 5.41 Å². The van der Waals surface area contributed by atoms with Gasteiger partial charge in [-0.05, 0) is 107 Å². The Morgan fingerprint density at radius 2 is 1.06 bits per heavy atom. The van der Waals surface area contributed by atoms with Crippen LogP contribution in [-0.4, -0.2) is 9.13 Å². The molecule has 242 valence electrons. The van der Waals surface area contributed by atoms with Crippen molar-refractivity contribution in [1.82, 2.24) is 9.13 Å². The number of furan rings is 1. The average molecular weight is 665 g/mol. The van der Waals surface area contributed by atoms with Gasteiger partial charge in [-0.2, -0.15) is 10.5 Å². The summed E-state index contributed by atoms with van der Waals surface area (Å²) >= 11 is 0. The Hall–Kier alpha value is -7.08. The second-order valence-electron chi connectivity index (χ2n) is 14.4. The molecule has 0 saturated carbocycles. The minimum atomic E-state index is -0.184. The van der Waals surface area contributed by atoms with Crippen LogP contribution in [0, 0.1) is 22.7 Å². The fraction of sp³-hybridized carbons (Fsp3) is 0.0638. The van der Waals surface area contributed by atoms with Gasteiger partial charge in [-0.15, -0.1) is 0 Å². The van der Waals surface area contributed by atoms with Crippen LogP contribution in [0.15, 0.2) is 138 Å². The van der Waals surface area contributed by atoms with Crippen molar-refractivity contribution in [1.29, 1.82) is 10.5 Å². The molecule has 3 aromatic heterocycles. The van der Waals surface area contributed by atoms with Crippen LogP contribution < -0.4 is 0 Å². The summed E-state index contributed by atoms with van der Waals surface area (Å²) in [5.74, 6) is 0. The lowest BCUT2D eigenvalue weighted by atomic mass is 9.82. The van der Waals surface area contributed by atoms with Gasteiger partial charge >= 0.3 is 0 Å². The number of benzene rings is 7. The van der Waals surface area contributed by atoms with E-state index in [-0.39, 0.29) is 5.41 Å². The zero-order chi connectivity index (χ0) is 34.9. The van der Waals surface area contributed by atoms with Gasteiger partial charge in [0.1, 0.15) is 11.2 Å². The highest BCUT2D eigenvalue weighted by molar-refractivity contribution is 6.18. The monoisotopic (exact) mass is 664 g/mol. The fourth-order valence-electron chi connectivity index (χ4n) is 9.00. The molecule has 0 fully saturated rings. The summed E-state index contributed by atoms with van der Waals surface area (Å²) in [5, 5.41) is 26.1. The lowest BCUT2D eigenvalue weighted by Gasteiger charge is -2.21. The zero-order valence-corrected chi connectivity index (χ0v) is 28.4. The van der Waals surface area contributed by atoms with Crippen LogP contribution in [0.4, 0.5) is 0 Å². The highest BCUT2D eigenvalue weighted by atomic mass is 16.3. The summed E-state index contributed by atoms with van der Waals surface area (Å²) in [6.07, 6.45) is 0. The predicted molar refractivity (Wildman–Crippen MR) is 209 cm³/mol. The summed E-state index contributed by atoms with van der Waals surface area (Å²) < 4.78 is 11.1. The minimum absolute atomic E-state index is 0.184. The van der Waals surface area contributed by atoms with Gasteiger partial charge in [0.2, 0.25) is 0 Å². The number of hydrogen-bond donors (Lipinski definition) is 0. The number of nitrogens with zero attached hydrogens (tertiary/aromatic N) is 4. The third-order valence-electron chi connectivity index (χ3n) is 11.4. The lowest BCUT2D eigenvalue weighted by Crippen LogP contribution is -2.14. The molecule has 1 aliphatic rings. The van der Waals surface area contributed by atoms with Crippen molar-refractivity contribution in [2.24, 2.45) is 0 Å². The SMILES string of the molecule is CC1(C)c2ccc(C#N)cc2-c2c1ccc1c2c2ccccc2n1-c1ccc2oc3ccc(-n4c5ccccc5c5cc(C#N)ccc54)cc3c2c1. The number of rotatable bonds is 2. The highest BCUT2D eigenvalue weighted by Gasteiger charge is 2.37. The van der Waals surface area contributed by atoms with Gasteiger partial charge in [-0.3, -0.25) is 0 Å². The molecule has 5 nitrogen and oxygen atoms in total. The van der Waals surface area contributed by atoms with Crippen LogP contribution in [0.5, 0.6) is 0 Å². The van der Waals surface area contributed by atoms with Gasteiger partial charge in [0.15, 0.2) is 0 Å². The molecule has 0 unspecified atom stereocenters. The van der Waals surface area contributed by atoms with Gasteiger partial charge in [0.25, 0.3) is 0 Å². The normalized spacial score (nSPS) is 13.3. The Balaban J connectivity index is 1.16. The highest BCUT2D eigenvalue weighted by Crippen LogP contribution is 2.53. The molecular formula is C47H28N4O. The van der Waals surface area contributed by atoms with Crippen molar-refractivity contribution in [3.63, 3.8) is 0 Å². The predicted octanol–water partition coefficient (Wildman–Crippen LogP) is 11.8. The van der Waals surface area contributed by atoms with E-state index < -0.39 is 0 Å². The van der Waals surface area contributed by atoms with E-state index in [1.807, 2.05) is 30.3 Å². The number of nitriles is 2. The van der Waals surface area contributed by atoms with E-state index in [0.29, 0.717) is 11.1 Å². The maximum absolute atomic E-state index is 9.84. The van der Waals surface area contributed by atoms with Gasteiger partial charge in [0, 0.05) is 49.1 Å². The zero-order valence-electron chi connectivity index (χ0n) is 28.4. The first kappa shape index (κ1) is 28.7. The molecule has 11 rings (SSSR count). The summed E-state index contributed by atoms with van der Waals surface area (Å²) in [4.78, 5) is 0. The van der Waals surface area contributed by atoms with Gasteiger partial charge in [-0.25, -0.2) is 0 Å². The largest absolute Gasteiger partial charge is 0.456 e. The van der Waals surface area contributed by atoms with E-state index in [4.69, 9.17) is 4.42 Å². The average Bonchev–Trinajstić information content (AvgIpc) is 3.89. The second kappa shape index (κ2) is 10.0. The Morgan fingerprint density at radius 1 is 0.500 bits per heavy atom. The first-order chi connectivity index (χ1) is 25.4. The van der Waals surface area contributed by atoms with E-state index >= 15 is 0 Å². The van der Waals surface area contributed by atoms with Crippen molar-refractivity contribution in [2.75, 3.05) is 0 Å². The molecule has 0 spiro atoms. The topological polar surface area (TPSA) is 70.6 Å². The third kappa shape index (κ3) is 3.64. The summed E-state index contributed by atoms with van der Waals surface area (Å²) in [6, 6.07) is 51.1. The number of fused-ring (bicyclic) bond motifs is 13. The summed E-state index contributed by atoms with van der Waals surface area (Å²) in [6.45, 7) is 4.56. The van der Waals surface area contributed by atoms with Gasteiger partial charge < -0.3 is 13.6 Å². The van der Waals surface area contributed by atoms with Crippen LogP contribution in [0.1, 0.15) is 36.1 Å².